The van der Waals surface area contributed by atoms with Crippen molar-refractivity contribution in [1.29, 1.82) is 0 Å². The first-order valence-electron chi connectivity index (χ1n) is 9.01. The van der Waals surface area contributed by atoms with Gasteiger partial charge in [0.05, 0.1) is 0 Å². The molecule has 0 aromatic heterocycles. The van der Waals surface area contributed by atoms with Gasteiger partial charge < -0.3 is 10.6 Å². The fraction of sp³-hybridized carbons (Fsp3) is 0.130. The number of aryl methyl sites for hydroxylation is 1. The maximum Gasteiger partial charge on any atom is 0.255 e. The maximum absolute atomic E-state index is 12.3. The Labute approximate surface area is 159 Å². The van der Waals surface area contributed by atoms with Crippen LogP contribution in [0, 0.1) is 0 Å². The van der Waals surface area contributed by atoms with E-state index in [9.17, 15) is 9.59 Å². The topological polar surface area (TPSA) is 58.2 Å². The molecule has 4 nitrogen and oxygen atoms in total. The van der Waals surface area contributed by atoms with Crippen LogP contribution in [0.2, 0.25) is 0 Å². The van der Waals surface area contributed by atoms with Crippen LogP contribution in [0.15, 0.2) is 84.9 Å². The monoisotopic (exact) mass is 358 g/mol. The zero-order valence-electron chi connectivity index (χ0n) is 15.0. The van der Waals surface area contributed by atoms with Gasteiger partial charge in [-0.25, -0.2) is 0 Å². The molecule has 0 heterocycles. The van der Waals surface area contributed by atoms with Crippen LogP contribution >= 0.6 is 0 Å². The molecule has 0 unspecified atom stereocenters. The predicted octanol–water partition coefficient (Wildman–Crippen LogP) is 4.30. The van der Waals surface area contributed by atoms with Gasteiger partial charge in [0, 0.05) is 23.4 Å². The molecule has 0 radical (unpaired) electrons. The highest BCUT2D eigenvalue weighted by Gasteiger charge is 2.09. The molecule has 2 N–H and O–H groups in total. The van der Waals surface area contributed by atoms with E-state index in [2.05, 4.69) is 22.8 Å². The van der Waals surface area contributed by atoms with Gasteiger partial charge in [-0.15, -0.1) is 0 Å². The average molecular weight is 358 g/mol. The summed E-state index contributed by atoms with van der Waals surface area (Å²) in [4.78, 5) is 24.6. The van der Waals surface area contributed by atoms with E-state index < -0.39 is 0 Å². The summed E-state index contributed by atoms with van der Waals surface area (Å²) in [5, 5.41) is 5.75. The van der Waals surface area contributed by atoms with Crippen LogP contribution in [0.5, 0.6) is 0 Å². The van der Waals surface area contributed by atoms with E-state index in [0.717, 1.165) is 12.8 Å². The minimum absolute atomic E-state index is 0.140. The second kappa shape index (κ2) is 9.34. The van der Waals surface area contributed by atoms with Crippen molar-refractivity contribution in [1.82, 2.24) is 5.32 Å². The number of carbonyl (C=O) groups excluding carboxylic acids is 2. The Balaban J connectivity index is 1.52. The summed E-state index contributed by atoms with van der Waals surface area (Å²) in [6, 6.07) is 26.1. The van der Waals surface area contributed by atoms with Gasteiger partial charge in [-0.3, -0.25) is 9.59 Å². The van der Waals surface area contributed by atoms with Gasteiger partial charge in [-0.05, 0) is 48.7 Å². The lowest BCUT2D eigenvalue weighted by Crippen LogP contribution is -2.25. The van der Waals surface area contributed by atoms with Gasteiger partial charge >= 0.3 is 0 Å². The van der Waals surface area contributed by atoms with E-state index in [1.54, 1.807) is 36.4 Å². The van der Waals surface area contributed by atoms with Crippen molar-refractivity contribution in [2.75, 3.05) is 11.9 Å². The van der Waals surface area contributed by atoms with Crippen LogP contribution < -0.4 is 10.6 Å². The van der Waals surface area contributed by atoms with E-state index in [0.29, 0.717) is 23.4 Å². The summed E-state index contributed by atoms with van der Waals surface area (Å²) in [5.74, 6) is -0.338. The highest BCUT2D eigenvalue weighted by atomic mass is 16.2. The number of amides is 2. The zero-order chi connectivity index (χ0) is 18.9. The molecule has 3 aromatic rings. The highest BCUT2D eigenvalue weighted by molar-refractivity contribution is 6.05. The average Bonchev–Trinajstić information content (AvgIpc) is 2.72. The molecule has 2 amide bonds. The van der Waals surface area contributed by atoms with Crippen molar-refractivity contribution < 1.29 is 9.59 Å². The van der Waals surface area contributed by atoms with Crippen LogP contribution in [0.1, 0.15) is 32.7 Å². The van der Waals surface area contributed by atoms with Crippen molar-refractivity contribution in [3.63, 3.8) is 0 Å². The van der Waals surface area contributed by atoms with Crippen molar-refractivity contribution in [2.24, 2.45) is 0 Å². The van der Waals surface area contributed by atoms with Gasteiger partial charge in [-0.2, -0.15) is 0 Å². The van der Waals surface area contributed by atoms with Gasteiger partial charge in [0.2, 0.25) is 0 Å². The predicted molar refractivity (Wildman–Crippen MR) is 108 cm³/mol. The van der Waals surface area contributed by atoms with E-state index >= 15 is 0 Å². The third-order valence-corrected chi connectivity index (χ3v) is 4.19. The molecule has 3 rings (SSSR count). The van der Waals surface area contributed by atoms with Crippen LogP contribution in [0.4, 0.5) is 5.69 Å². The van der Waals surface area contributed by atoms with Crippen molar-refractivity contribution in [3.05, 3.63) is 102 Å². The second-order valence-electron chi connectivity index (χ2n) is 6.25. The Morgan fingerprint density at radius 1 is 0.704 bits per heavy atom. The van der Waals surface area contributed by atoms with E-state index in [1.807, 2.05) is 36.4 Å². The molecule has 3 aromatic carbocycles. The lowest BCUT2D eigenvalue weighted by atomic mass is 10.1. The number of nitrogens with one attached hydrogen (secondary N) is 2. The molecule has 0 bridgehead atoms. The molecule has 0 aliphatic heterocycles. The minimum Gasteiger partial charge on any atom is -0.352 e. The van der Waals surface area contributed by atoms with Crippen LogP contribution in [-0.4, -0.2) is 18.4 Å². The Morgan fingerprint density at radius 2 is 1.37 bits per heavy atom. The van der Waals surface area contributed by atoms with Gasteiger partial charge in [0.15, 0.2) is 0 Å². The molecule has 0 fully saturated rings. The summed E-state index contributed by atoms with van der Waals surface area (Å²) in [6.07, 6.45) is 1.80. The molecule has 0 saturated carbocycles. The number of anilines is 1. The highest BCUT2D eigenvalue weighted by Crippen LogP contribution is 2.12. The van der Waals surface area contributed by atoms with Crippen molar-refractivity contribution in [3.8, 4) is 0 Å². The summed E-state index contributed by atoms with van der Waals surface area (Å²) < 4.78 is 0. The lowest BCUT2D eigenvalue weighted by molar-refractivity contribution is 0.0951. The smallest absolute Gasteiger partial charge is 0.255 e. The molecule has 0 aliphatic carbocycles. The fourth-order valence-corrected chi connectivity index (χ4v) is 2.77. The first-order chi connectivity index (χ1) is 13.2. The Bertz CT molecular complexity index is 893. The Morgan fingerprint density at radius 3 is 2.11 bits per heavy atom. The molecule has 0 saturated heterocycles. The normalized spacial score (nSPS) is 10.2. The Kier molecular flexibility index (Phi) is 6.36. The standard InChI is InChI=1S/C23H22N2O2/c26-22(24-16-8-11-18-9-3-1-4-10-18)20-14-7-15-21(17-20)25-23(27)19-12-5-2-6-13-19/h1-7,9-10,12-15,17H,8,11,16H2,(H,24,26)(H,25,27). The summed E-state index contributed by atoms with van der Waals surface area (Å²) >= 11 is 0. The minimum atomic E-state index is -0.198. The molecule has 4 heteroatoms. The van der Waals surface area contributed by atoms with Gasteiger partial charge in [0.1, 0.15) is 0 Å². The first-order valence-corrected chi connectivity index (χ1v) is 9.01. The summed E-state index contributed by atoms with van der Waals surface area (Å²) in [7, 11) is 0. The number of carbonyl (C=O) groups is 2. The van der Waals surface area contributed by atoms with Gasteiger partial charge in [-0.1, -0.05) is 54.6 Å². The SMILES string of the molecule is O=C(NCCCc1ccccc1)c1cccc(NC(=O)c2ccccc2)c1. The number of rotatable bonds is 7. The van der Waals surface area contributed by atoms with Crippen LogP contribution in [-0.2, 0) is 6.42 Å². The van der Waals surface area contributed by atoms with Crippen molar-refractivity contribution in [2.45, 2.75) is 12.8 Å². The molecule has 0 aliphatic rings. The van der Waals surface area contributed by atoms with E-state index in [1.165, 1.54) is 5.56 Å². The molecule has 0 atom stereocenters. The summed E-state index contributed by atoms with van der Waals surface area (Å²) in [5.41, 5.74) is 2.96. The second-order valence-corrected chi connectivity index (χ2v) is 6.25. The summed E-state index contributed by atoms with van der Waals surface area (Å²) in [6.45, 7) is 0.605. The van der Waals surface area contributed by atoms with Gasteiger partial charge in [0.25, 0.3) is 11.8 Å². The molecular formula is C23H22N2O2. The Hall–Kier alpha value is -3.40. The number of hydrogen-bond acceptors (Lipinski definition) is 2. The van der Waals surface area contributed by atoms with E-state index in [-0.39, 0.29) is 11.8 Å². The van der Waals surface area contributed by atoms with Crippen molar-refractivity contribution >= 4 is 17.5 Å². The fourth-order valence-electron chi connectivity index (χ4n) is 2.77. The third-order valence-electron chi connectivity index (χ3n) is 4.19. The number of benzene rings is 3. The molecule has 0 spiro atoms. The quantitative estimate of drug-likeness (QED) is 0.619. The van der Waals surface area contributed by atoms with Crippen LogP contribution in [0.3, 0.4) is 0 Å². The maximum atomic E-state index is 12.3. The third kappa shape index (κ3) is 5.54. The molecule has 136 valence electrons. The zero-order valence-corrected chi connectivity index (χ0v) is 15.0. The molecule has 27 heavy (non-hydrogen) atoms. The molecular weight excluding hydrogens is 336 g/mol. The van der Waals surface area contributed by atoms with E-state index in [4.69, 9.17) is 0 Å². The first kappa shape index (κ1) is 18.4. The largest absolute Gasteiger partial charge is 0.352 e. The number of hydrogen-bond donors (Lipinski definition) is 2. The van der Waals surface area contributed by atoms with Crippen LogP contribution in [0.25, 0.3) is 0 Å². The lowest BCUT2D eigenvalue weighted by Gasteiger charge is -2.09.